The number of nitrogens with zero attached hydrogens (tertiary/aromatic N) is 1. The van der Waals surface area contributed by atoms with E-state index in [4.69, 9.17) is 4.74 Å². The van der Waals surface area contributed by atoms with Crippen molar-refractivity contribution >= 4 is 0 Å². The molecule has 3 nitrogen and oxygen atoms in total. The van der Waals surface area contributed by atoms with Crippen molar-refractivity contribution in [3.05, 3.63) is 35.9 Å². The highest BCUT2D eigenvalue weighted by molar-refractivity contribution is 5.16. The van der Waals surface area contributed by atoms with Gasteiger partial charge in [-0.3, -0.25) is 4.90 Å². The first kappa shape index (κ1) is 15.0. The standard InChI is InChI=1S/C18H28N2O/c1-15-12-19-17(11-16-7-4-3-5-8-16)13-20(15)18(2)9-6-10-21-14-18/h3-5,7-8,15,17,19H,6,9-14H2,1-2H3. The van der Waals surface area contributed by atoms with Gasteiger partial charge in [-0.25, -0.2) is 0 Å². The Morgan fingerprint density at radius 2 is 2.14 bits per heavy atom. The van der Waals surface area contributed by atoms with Crippen molar-refractivity contribution in [3.63, 3.8) is 0 Å². The summed E-state index contributed by atoms with van der Waals surface area (Å²) in [4.78, 5) is 2.69. The molecule has 2 heterocycles. The number of benzene rings is 1. The van der Waals surface area contributed by atoms with Crippen LogP contribution in [0.15, 0.2) is 30.3 Å². The Bertz CT molecular complexity index is 442. The fourth-order valence-corrected chi connectivity index (χ4v) is 3.86. The second-order valence-electron chi connectivity index (χ2n) is 6.95. The van der Waals surface area contributed by atoms with E-state index in [1.54, 1.807) is 0 Å². The zero-order valence-corrected chi connectivity index (χ0v) is 13.3. The summed E-state index contributed by atoms with van der Waals surface area (Å²) in [7, 11) is 0. The van der Waals surface area contributed by atoms with Gasteiger partial charge in [-0.2, -0.15) is 0 Å². The minimum atomic E-state index is 0.217. The van der Waals surface area contributed by atoms with Crippen molar-refractivity contribution in [2.45, 2.75) is 50.7 Å². The molecule has 1 N–H and O–H groups in total. The fraction of sp³-hybridized carbons (Fsp3) is 0.667. The lowest BCUT2D eigenvalue weighted by Gasteiger charge is -2.51. The van der Waals surface area contributed by atoms with Gasteiger partial charge in [0.25, 0.3) is 0 Å². The molecule has 3 unspecified atom stereocenters. The van der Waals surface area contributed by atoms with Crippen LogP contribution < -0.4 is 5.32 Å². The zero-order valence-electron chi connectivity index (χ0n) is 13.3. The predicted octanol–water partition coefficient (Wildman–Crippen LogP) is 2.46. The van der Waals surface area contributed by atoms with Crippen molar-refractivity contribution in [2.24, 2.45) is 0 Å². The fourth-order valence-electron chi connectivity index (χ4n) is 3.86. The van der Waals surface area contributed by atoms with Gasteiger partial charge in [-0.1, -0.05) is 30.3 Å². The van der Waals surface area contributed by atoms with E-state index in [0.717, 1.165) is 32.7 Å². The molecule has 0 amide bonds. The predicted molar refractivity (Wildman–Crippen MR) is 86.6 cm³/mol. The first-order valence-corrected chi connectivity index (χ1v) is 8.29. The third-order valence-electron chi connectivity index (χ3n) is 5.09. The van der Waals surface area contributed by atoms with Crippen molar-refractivity contribution in [1.29, 1.82) is 0 Å². The molecule has 116 valence electrons. The lowest BCUT2D eigenvalue weighted by Crippen LogP contribution is -2.65. The minimum absolute atomic E-state index is 0.217. The van der Waals surface area contributed by atoms with Gasteiger partial charge in [-0.05, 0) is 38.7 Å². The van der Waals surface area contributed by atoms with E-state index in [9.17, 15) is 0 Å². The van der Waals surface area contributed by atoms with Crippen molar-refractivity contribution in [1.82, 2.24) is 10.2 Å². The zero-order chi connectivity index (χ0) is 14.7. The van der Waals surface area contributed by atoms with Crippen molar-refractivity contribution in [2.75, 3.05) is 26.3 Å². The van der Waals surface area contributed by atoms with E-state index in [0.29, 0.717) is 12.1 Å². The molecule has 3 heteroatoms. The molecule has 1 aromatic carbocycles. The Morgan fingerprint density at radius 1 is 1.33 bits per heavy atom. The molecule has 3 rings (SSSR count). The highest BCUT2D eigenvalue weighted by atomic mass is 16.5. The number of rotatable bonds is 3. The van der Waals surface area contributed by atoms with Gasteiger partial charge in [-0.15, -0.1) is 0 Å². The molecule has 21 heavy (non-hydrogen) atoms. The third kappa shape index (κ3) is 3.47. The summed E-state index contributed by atoms with van der Waals surface area (Å²) in [6.45, 7) is 8.74. The van der Waals surface area contributed by atoms with Gasteiger partial charge in [0.05, 0.1) is 6.61 Å². The molecule has 3 atom stereocenters. The van der Waals surface area contributed by atoms with Gasteiger partial charge in [0, 0.05) is 37.3 Å². The molecule has 1 aromatic rings. The lowest BCUT2D eigenvalue weighted by atomic mass is 9.88. The van der Waals surface area contributed by atoms with Gasteiger partial charge in [0.1, 0.15) is 0 Å². The molecule has 0 bridgehead atoms. The second-order valence-corrected chi connectivity index (χ2v) is 6.95. The molecular formula is C18H28N2O. The second kappa shape index (κ2) is 6.47. The smallest absolute Gasteiger partial charge is 0.0647 e. The molecule has 0 radical (unpaired) electrons. The molecule has 0 spiro atoms. The van der Waals surface area contributed by atoms with Crippen LogP contribution in [0.5, 0.6) is 0 Å². The topological polar surface area (TPSA) is 24.5 Å². The maximum Gasteiger partial charge on any atom is 0.0647 e. The molecule has 2 aliphatic heterocycles. The van der Waals surface area contributed by atoms with E-state index < -0.39 is 0 Å². The maximum absolute atomic E-state index is 5.78. The van der Waals surface area contributed by atoms with Crippen LogP contribution in [-0.2, 0) is 11.2 Å². The Balaban J connectivity index is 1.67. The summed E-state index contributed by atoms with van der Waals surface area (Å²) in [6, 6.07) is 12.0. The minimum Gasteiger partial charge on any atom is -0.380 e. The summed E-state index contributed by atoms with van der Waals surface area (Å²) in [6.07, 6.45) is 3.56. The van der Waals surface area contributed by atoms with Crippen LogP contribution in [0.25, 0.3) is 0 Å². The SMILES string of the molecule is CC1CNC(Cc2ccccc2)CN1C1(C)CCCOC1. The largest absolute Gasteiger partial charge is 0.380 e. The van der Waals surface area contributed by atoms with E-state index in [2.05, 4.69) is 54.4 Å². The average Bonchev–Trinajstić information content (AvgIpc) is 2.51. The molecular weight excluding hydrogens is 260 g/mol. The summed E-state index contributed by atoms with van der Waals surface area (Å²) >= 11 is 0. The van der Waals surface area contributed by atoms with Crippen molar-refractivity contribution in [3.8, 4) is 0 Å². The maximum atomic E-state index is 5.78. The molecule has 0 aliphatic carbocycles. The highest BCUT2D eigenvalue weighted by Crippen LogP contribution is 2.29. The first-order valence-electron chi connectivity index (χ1n) is 8.29. The first-order chi connectivity index (χ1) is 10.2. The summed E-state index contributed by atoms with van der Waals surface area (Å²) in [5.41, 5.74) is 1.64. The number of hydrogen-bond donors (Lipinski definition) is 1. The molecule has 2 aliphatic rings. The number of nitrogens with one attached hydrogen (secondary N) is 1. The van der Waals surface area contributed by atoms with Gasteiger partial charge in [0.2, 0.25) is 0 Å². The molecule has 2 fully saturated rings. The lowest BCUT2D eigenvalue weighted by molar-refractivity contribution is -0.0679. The van der Waals surface area contributed by atoms with Crippen LogP contribution in [0.3, 0.4) is 0 Å². The van der Waals surface area contributed by atoms with E-state index >= 15 is 0 Å². The normalized spacial score (nSPS) is 34.8. The monoisotopic (exact) mass is 288 g/mol. The summed E-state index contributed by atoms with van der Waals surface area (Å²) < 4.78 is 5.78. The number of ether oxygens (including phenoxy) is 1. The van der Waals surface area contributed by atoms with Crippen LogP contribution in [0.4, 0.5) is 0 Å². The highest BCUT2D eigenvalue weighted by Gasteiger charge is 2.39. The average molecular weight is 288 g/mol. The van der Waals surface area contributed by atoms with Gasteiger partial charge < -0.3 is 10.1 Å². The van der Waals surface area contributed by atoms with Crippen LogP contribution in [-0.4, -0.2) is 48.8 Å². The van der Waals surface area contributed by atoms with Crippen LogP contribution >= 0.6 is 0 Å². The van der Waals surface area contributed by atoms with Crippen LogP contribution in [0.1, 0.15) is 32.3 Å². The van der Waals surface area contributed by atoms with E-state index in [1.165, 1.54) is 18.4 Å². The van der Waals surface area contributed by atoms with Crippen LogP contribution in [0, 0.1) is 0 Å². The molecule has 2 saturated heterocycles. The molecule has 0 aromatic heterocycles. The van der Waals surface area contributed by atoms with E-state index in [-0.39, 0.29) is 5.54 Å². The number of hydrogen-bond acceptors (Lipinski definition) is 3. The third-order valence-corrected chi connectivity index (χ3v) is 5.09. The Kier molecular flexibility index (Phi) is 4.63. The van der Waals surface area contributed by atoms with Crippen LogP contribution in [0.2, 0.25) is 0 Å². The summed E-state index contributed by atoms with van der Waals surface area (Å²) in [5.74, 6) is 0. The molecule has 0 saturated carbocycles. The van der Waals surface area contributed by atoms with E-state index in [1.807, 2.05) is 0 Å². The van der Waals surface area contributed by atoms with Crippen molar-refractivity contribution < 1.29 is 4.74 Å². The summed E-state index contributed by atoms with van der Waals surface area (Å²) in [5, 5.41) is 3.72. The van der Waals surface area contributed by atoms with Gasteiger partial charge in [0.15, 0.2) is 0 Å². The quantitative estimate of drug-likeness (QED) is 0.924. The Morgan fingerprint density at radius 3 is 2.86 bits per heavy atom. The Labute approximate surface area is 128 Å². The van der Waals surface area contributed by atoms with Gasteiger partial charge >= 0.3 is 0 Å². The number of piperazine rings is 1. The Hall–Kier alpha value is -0.900.